The van der Waals surface area contributed by atoms with E-state index in [1.54, 1.807) is 0 Å². The number of hydrogen-bond donors (Lipinski definition) is 3. The van der Waals surface area contributed by atoms with E-state index in [4.69, 9.17) is 37.0 Å². The summed E-state index contributed by atoms with van der Waals surface area (Å²) in [5.74, 6) is 0.141. The summed E-state index contributed by atoms with van der Waals surface area (Å²) in [5, 5.41) is 10.6. The van der Waals surface area contributed by atoms with E-state index < -0.39 is 97.5 Å². The number of esters is 4. The predicted molar refractivity (Wildman–Crippen MR) is 349 cm³/mol. The number of carbonyl (C=O) groups excluding carboxylic acids is 4. The highest BCUT2D eigenvalue weighted by Gasteiger charge is 2.30. The predicted octanol–water partition coefficient (Wildman–Crippen LogP) is 19.1. The maximum absolute atomic E-state index is 13.0. The first-order valence-electron chi connectivity index (χ1n) is 35.4. The zero-order valence-corrected chi connectivity index (χ0v) is 58.3. The highest BCUT2D eigenvalue weighted by atomic mass is 31.2. The first kappa shape index (κ1) is 85.1. The van der Waals surface area contributed by atoms with E-state index in [-0.39, 0.29) is 25.7 Å². The molecule has 17 nitrogen and oxygen atoms in total. The van der Waals surface area contributed by atoms with Crippen molar-refractivity contribution >= 4 is 39.5 Å². The van der Waals surface area contributed by atoms with Crippen molar-refractivity contribution in [1.82, 2.24) is 0 Å². The van der Waals surface area contributed by atoms with Crippen LogP contribution in [0.4, 0.5) is 0 Å². The Morgan fingerprint density at radius 2 is 0.586 bits per heavy atom. The Bertz CT molecular complexity index is 1720. The smallest absolute Gasteiger partial charge is 0.462 e. The summed E-state index contributed by atoms with van der Waals surface area (Å²) in [6.45, 7) is 11.8. The summed E-state index contributed by atoms with van der Waals surface area (Å²) in [7, 11) is -9.90. The summed E-state index contributed by atoms with van der Waals surface area (Å²) in [5.41, 5.74) is 0. The van der Waals surface area contributed by atoms with Gasteiger partial charge in [0.1, 0.15) is 19.3 Å². The fourth-order valence-electron chi connectivity index (χ4n) is 10.2. The van der Waals surface area contributed by atoms with Crippen molar-refractivity contribution in [1.29, 1.82) is 0 Å². The average molecular weight is 1280 g/mol. The van der Waals surface area contributed by atoms with Gasteiger partial charge in [-0.25, -0.2) is 9.13 Å². The van der Waals surface area contributed by atoms with E-state index in [0.717, 1.165) is 108 Å². The molecule has 0 fully saturated rings. The molecule has 0 aliphatic rings. The molecule has 0 saturated heterocycles. The van der Waals surface area contributed by atoms with Crippen LogP contribution in [0.5, 0.6) is 0 Å². The number of aliphatic hydroxyl groups is 1. The van der Waals surface area contributed by atoms with E-state index in [1.165, 1.54) is 148 Å². The van der Waals surface area contributed by atoms with Crippen LogP contribution in [0, 0.1) is 17.8 Å². The van der Waals surface area contributed by atoms with Gasteiger partial charge in [-0.15, -0.1) is 0 Å². The van der Waals surface area contributed by atoms with Crippen LogP contribution in [0.25, 0.3) is 0 Å². The molecule has 0 amide bonds. The number of hydrogen-bond acceptors (Lipinski definition) is 15. The average Bonchev–Trinajstić information content (AvgIpc) is 3.55. The first-order valence-corrected chi connectivity index (χ1v) is 38.4. The number of rotatable bonds is 66. The van der Waals surface area contributed by atoms with Crippen molar-refractivity contribution in [2.45, 2.75) is 356 Å². The minimum Gasteiger partial charge on any atom is -0.462 e. The molecular formula is C68H132O17P2. The lowest BCUT2D eigenvalue weighted by molar-refractivity contribution is -0.161. The monoisotopic (exact) mass is 1280 g/mol. The van der Waals surface area contributed by atoms with Gasteiger partial charge in [0.25, 0.3) is 0 Å². The van der Waals surface area contributed by atoms with Crippen molar-refractivity contribution in [3.05, 3.63) is 0 Å². The SMILES string of the molecule is CCCCCCCCCCCC(=O)OC[C@H](COP(=O)(O)OC[C@H](O)COP(=O)(O)OC[C@@H](COC(=O)CCCCCCCCCCC(C)CC)OC(=O)CCCCCCCCCCCCCCC(C)C)OC(=O)CCCCCCCCCCC(C)C. The van der Waals surface area contributed by atoms with Crippen molar-refractivity contribution in [2.75, 3.05) is 39.6 Å². The fraction of sp³-hybridized carbons (Fsp3) is 0.941. The minimum absolute atomic E-state index is 0.104. The van der Waals surface area contributed by atoms with Gasteiger partial charge in [-0.3, -0.25) is 37.3 Å². The lowest BCUT2D eigenvalue weighted by Gasteiger charge is -2.21. The Morgan fingerprint density at radius 3 is 0.874 bits per heavy atom. The number of carbonyl (C=O) groups is 4. The Balaban J connectivity index is 5.25. The second-order valence-electron chi connectivity index (χ2n) is 25.8. The molecule has 0 saturated carbocycles. The topological polar surface area (TPSA) is 237 Å². The van der Waals surface area contributed by atoms with Gasteiger partial charge in [0.2, 0.25) is 0 Å². The van der Waals surface area contributed by atoms with Crippen molar-refractivity contribution in [3.8, 4) is 0 Å². The minimum atomic E-state index is -4.95. The van der Waals surface area contributed by atoms with Gasteiger partial charge in [0.05, 0.1) is 26.4 Å². The molecule has 87 heavy (non-hydrogen) atoms. The first-order chi connectivity index (χ1) is 41.8. The van der Waals surface area contributed by atoms with Crippen LogP contribution in [0.2, 0.25) is 0 Å². The molecule has 516 valence electrons. The second kappa shape index (κ2) is 59.1. The number of aliphatic hydroxyl groups excluding tert-OH is 1. The van der Waals surface area contributed by atoms with Gasteiger partial charge < -0.3 is 33.8 Å². The lowest BCUT2D eigenvalue weighted by atomic mass is 9.99. The molecule has 0 rings (SSSR count). The third kappa shape index (κ3) is 61.3. The Hall–Kier alpha value is -1.94. The van der Waals surface area contributed by atoms with Crippen LogP contribution in [-0.2, 0) is 65.4 Å². The van der Waals surface area contributed by atoms with Gasteiger partial charge in [0, 0.05) is 25.7 Å². The number of unbranched alkanes of at least 4 members (excludes halogenated alkanes) is 33. The summed E-state index contributed by atoms with van der Waals surface area (Å²) in [4.78, 5) is 72.4. The molecule has 0 spiro atoms. The fourth-order valence-corrected chi connectivity index (χ4v) is 11.7. The van der Waals surface area contributed by atoms with Crippen LogP contribution in [0.1, 0.15) is 337 Å². The molecule has 0 aliphatic carbocycles. The standard InChI is InChI=1S/C68H132O17P2/c1-8-10-11-12-13-18-28-35-42-49-65(70)78-55-64(85-68(73)52-45-38-31-23-21-26-33-40-47-60(5)6)58-83-87(76,77)81-54-62(69)53-80-86(74,75)82-57-63(56-79-66(71)50-43-36-29-24-22-27-34-41-48-61(7)9-2)84-67(72)51-44-37-30-20-17-15-14-16-19-25-32-39-46-59(3)4/h59-64,69H,8-58H2,1-7H3,(H,74,75)(H,76,77)/t61?,62-,63-,64-/m1/s1. The van der Waals surface area contributed by atoms with Gasteiger partial charge in [-0.05, 0) is 43.4 Å². The normalized spacial score (nSPS) is 14.6. The third-order valence-electron chi connectivity index (χ3n) is 16.0. The van der Waals surface area contributed by atoms with E-state index in [0.29, 0.717) is 25.7 Å². The molecule has 6 atom stereocenters. The molecule has 0 aromatic rings. The molecular weight excluding hydrogens is 1150 g/mol. The van der Waals surface area contributed by atoms with Gasteiger partial charge >= 0.3 is 39.5 Å². The maximum Gasteiger partial charge on any atom is 0.472 e. The summed E-state index contributed by atoms with van der Waals surface area (Å²) in [6, 6.07) is 0. The summed E-state index contributed by atoms with van der Waals surface area (Å²) < 4.78 is 68.2. The Kier molecular flexibility index (Phi) is 57.8. The Labute approximate surface area is 530 Å². The molecule has 0 aromatic heterocycles. The molecule has 0 aromatic carbocycles. The van der Waals surface area contributed by atoms with Crippen LogP contribution >= 0.6 is 15.6 Å². The summed E-state index contributed by atoms with van der Waals surface area (Å²) in [6.07, 6.45) is 41.6. The van der Waals surface area contributed by atoms with Crippen LogP contribution in [-0.4, -0.2) is 96.7 Å². The Morgan fingerprint density at radius 1 is 0.333 bits per heavy atom. The zero-order chi connectivity index (χ0) is 64.5. The molecule has 0 radical (unpaired) electrons. The van der Waals surface area contributed by atoms with Crippen molar-refractivity contribution < 1.29 is 80.2 Å². The van der Waals surface area contributed by atoms with E-state index >= 15 is 0 Å². The molecule has 3 unspecified atom stereocenters. The van der Waals surface area contributed by atoms with Crippen LogP contribution < -0.4 is 0 Å². The number of phosphoric acid groups is 2. The molecule has 0 aliphatic heterocycles. The molecule has 19 heteroatoms. The highest BCUT2D eigenvalue weighted by Crippen LogP contribution is 2.45. The number of ether oxygens (including phenoxy) is 4. The van der Waals surface area contributed by atoms with Crippen LogP contribution in [0.3, 0.4) is 0 Å². The molecule has 0 bridgehead atoms. The van der Waals surface area contributed by atoms with Gasteiger partial charge in [-0.1, -0.05) is 286 Å². The second-order valence-corrected chi connectivity index (χ2v) is 28.7. The number of phosphoric ester groups is 2. The van der Waals surface area contributed by atoms with Crippen molar-refractivity contribution in [2.24, 2.45) is 17.8 Å². The third-order valence-corrected chi connectivity index (χ3v) is 17.9. The van der Waals surface area contributed by atoms with Crippen molar-refractivity contribution in [3.63, 3.8) is 0 Å². The van der Waals surface area contributed by atoms with Crippen LogP contribution in [0.15, 0.2) is 0 Å². The lowest BCUT2D eigenvalue weighted by Crippen LogP contribution is -2.30. The molecule has 0 heterocycles. The van der Waals surface area contributed by atoms with Gasteiger partial charge in [-0.2, -0.15) is 0 Å². The zero-order valence-electron chi connectivity index (χ0n) is 56.5. The molecule has 3 N–H and O–H groups in total. The summed E-state index contributed by atoms with van der Waals surface area (Å²) >= 11 is 0. The largest absolute Gasteiger partial charge is 0.472 e. The van der Waals surface area contributed by atoms with E-state index in [9.17, 15) is 43.2 Å². The van der Waals surface area contributed by atoms with E-state index in [1.807, 2.05) is 0 Å². The highest BCUT2D eigenvalue weighted by molar-refractivity contribution is 7.47. The van der Waals surface area contributed by atoms with Gasteiger partial charge in [0.15, 0.2) is 12.2 Å². The maximum atomic E-state index is 13.0. The quantitative estimate of drug-likeness (QED) is 0.0222. The van der Waals surface area contributed by atoms with E-state index in [2.05, 4.69) is 48.5 Å².